The van der Waals surface area contributed by atoms with Crippen molar-refractivity contribution in [2.75, 3.05) is 0 Å². The minimum Gasteiger partial charge on any atom is -0.459 e. The number of ether oxygens (including phenoxy) is 1. The average molecular weight is 242 g/mol. The largest absolute Gasteiger partial charge is 0.459 e. The van der Waals surface area contributed by atoms with Gasteiger partial charge in [-0.25, -0.2) is 0 Å². The van der Waals surface area contributed by atoms with Crippen LogP contribution < -0.4 is 0 Å². The molecule has 0 bridgehead atoms. The summed E-state index contributed by atoms with van der Waals surface area (Å²) >= 11 is 0. The molecule has 0 heterocycles. The molecule has 0 aromatic rings. The Labute approximate surface area is 107 Å². The summed E-state index contributed by atoms with van der Waals surface area (Å²) < 4.78 is 5.72. The number of carbonyl (C=O) groups excluding carboxylic acids is 1. The van der Waals surface area contributed by atoms with E-state index in [4.69, 9.17) is 4.74 Å². The fraction of sp³-hybridized carbons (Fsp3) is 0.933. The molecular formula is C15H30O2. The molecule has 0 rings (SSSR count). The van der Waals surface area contributed by atoms with E-state index >= 15 is 0 Å². The highest BCUT2D eigenvalue weighted by molar-refractivity contribution is 5.76. The summed E-state index contributed by atoms with van der Waals surface area (Å²) in [5, 5.41) is 0. The summed E-state index contributed by atoms with van der Waals surface area (Å²) in [6, 6.07) is 0. The van der Waals surface area contributed by atoms with Crippen LogP contribution >= 0.6 is 0 Å². The highest BCUT2D eigenvalue weighted by Crippen LogP contribution is 2.31. The standard InChI is InChI=1S/C15H30O2/c1-9-12(4)15(7,8)17-13(16)14(5,6)10-11(2)3/h11-12H,9-10H2,1-8H3. The Morgan fingerprint density at radius 1 is 1.12 bits per heavy atom. The van der Waals surface area contributed by atoms with Gasteiger partial charge in [-0.05, 0) is 52.4 Å². The number of esters is 1. The molecule has 0 N–H and O–H groups in total. The molecule has 0 aliphatic heterocycles. The normalized spacial score (nSPS) is 14.9. The van der Waals surface area contributed by atoms with E-state index in [2.05, 4.69) is 27.7 Å². The fourth-order valence-electron chi connectivity index (χ4n) is 2.07. The van der Waals surface area contributed by atoms with Gasteiger partial charge in [-0.1, -0.05) is 27.7 Å². The highest BCUT2D eigenvalue weighted by Gasteiger charge is 2.36. The van der Waals surface area contributed by atoms with Crippen molar-refractivity contribution in [2.45, 2.75) is 73.8 Å². The maximum absolute atomic E-state index is 12.2. The van der Waals surface area contributed by atoms with E-state index in [9.17, 15) is 4.79 Å². The second kappa shape index (κ2) is 5.88. The first-order valence-electron chi connectivity index (χ1n) is 6.76. The van der Waals surface area contributed by atoms with Gasteiger partial charge in [0, 0.05) is 0 Å². The van der Waals surface area contributed by atoms with Gasteiger partial charge in [-0.3, -0.25) is 4.79 Å². The van der Waals surface area contributed by atoms with Crippen LogP contribution in [0.1, 0.15) is 68.2 Å². The summed E-state index contributed by atoms with van der Waals surface area (Å²) in [5.74, 6) is 0.807. The van der Waals surface area contributed by atoms with Crippen LogP contribution in [0.25, 0.3) is 0 Å². The van der Waals surface area contributed by atoms with Gasteiger partial charge in [0.1, 0.15) is 5.60 Å². The lowest BCUT2D eigenvalue weighted by Gasteiger charge is -2.35. The Morgan fingerprint density at radius 2 is 1.59 bits per heavy atom. The first kappa shape index (κ1) is 16.5. The molecule has 0 aliphatic carbocycles. The predicted molar refractivity (Wildman–Crippen MR) is 72.9 cm³/mol. The van der Waals surface area contributed by atoms with Gasteiger partial charge >= 0.3 is 5.97 Å². The summed E-state index contributed by atoms with van der Waals surface area (Å²) in [5.41, 5.74) is -0.765. The van der Waals surface area contributed by atoms with Crippen molar-refractivity contribution >= 4 is 5.97 Å². The Bertz CT molecular complexity index is 252. The molecule has 0 spiro atoms. The molecule has 2 heteroatoms. The third-order valence-electron chi connectivity index (χ3n) is 3.63. The van der Waals surface area contributed by atoms with Crippen LogP contribution in [0.4, 0.5) is 0 Å². The van der Waals surface area contributed by atoms with Gasteiger partial charge in [0.05, 0.1) is 5.41 Å². The van der Waals surface area contributed by atoms with Crippen LogP contribution in [0.15, 0.2) is 0 Å². The van der Waals surface area contributed by atoms with Crippen LogP contribution in [0.2, 0.25) is 0 Å². The van der Waals surface area contributed by atoms with Crippen LogP contribution in [-0.4, -0.2) is 11.6 Å². The Hall–Kier alpha value is -0.530. The zero-order valence-corrected chi connectivity index (χ0v) is 12.9. The SMILES string of the molecule is CCC(C)C(C)(C)OC(=O)C(C)(C)CC(C)C. The number of hydrogen-bond acceptors (Lipinski definition) is 2. The summed E-state index contributed by atoms with van der Waals surface area (Å²) in [6.07, 6.45) is 1.88. The minimum absolute atomic E-state index is 0.0727. The third-order valence-corrected chi connectivity index (χ3v) is 3.63. The van der Waals surface area contributed by atoms with Crippen molar-refractivity contribution in [3.63, 3.8) is 0 Å². The van der Waals surface area contributed by atoms with Crippen LogP contribution in [0.5, 0.6) is 0 Å². The van der Waals surface area contributed by atoms with Gasteiger partial charge in [0.25, 0.3) is 0 Å². The molecule has 17 heavy (non-hydrogen) atoms. The minimum atomic E-state index is -0.390. The topological polar surface area (TPSA) is 26.3 Å². The molecule has 0 fully saturated rings. The molecule has 102 valence electrons. The maximum Gasteiger partial charge on any atom is 0.312 e. The Balaban J connectivity index is 4.63. The average Bonchev–Trinajstić information content (AvgIpc) is 2.13. The first-order chi connectivity index (χ1) is 7.53. The summed E-state index contributed by atoms with van der Waals surface area (Å²) in [7, 11) is 0. The van der Waals surface area contributed by atoms with E-state index in [1.807, 2.05) is 27.7 Å². The Kier molecular flexibility index (Phi) is 5.70. The van der Waals surface area contributed by atoms with E-state index < -0.39 is 0 Å². The molecule has 2 nitrogen and oxygen atoms in total. The van der Waals surface area contributed by atoms with Crippen molar-refractivity contribution in [3.05, 3.63) is 0 Å². The van der Waals surface area contributed by atoms with Crippen LogP contribution in [0, 0.1) is 17.3 Å². The smallest absolute Gasteiger partial charge is 0.312 e. The maximum atomic E-state index is 12.2. The summed E-state index contributed by atoms with van der Waals surface area (Å²) in [6.45, 7) is 16.5. The zero-order valence-electron chi connectivity index (χ0n) is 12.9. The van der Waals surface area contributed by atoms with E-state index in [1.165, 1.54) is 0 Å². The molecule has 0 aromatic carbocycles. The lowest BCUT2D eigenvalue weighted by molar-refractivity contribution is -0.173. The first-order valence-corrected chi connectivity index (χ1v) is 6.76. The van der Waals surface area contributed by atoms with E-state index in [-0.39, 0.29) is 17.0 Å². The van der Waals surface area contributed by atoms with Gasteiger partial charge in [-0.15, -0.1) is 0 Å². The van der Waals surface area contributed by atoms with Crippen molar-refractivity contribution in [2.24, 2.45) is 17.3 Å². The monoisotopic (exact) mass is 242 g/mol. The lowest BCUT2D eigenvalue weighted by atomic mass is 9.83. The molecule has 0 saturated carbocycles. The Morgan fingerprint density at radius 3 is 1.94 bits per heavy atom. The number of rotatable bonds is 6. The van der Waals surface area contributed by atoms with Gasteiger partial charge in [-0.2, -0.15) is 0 Å². The lowest BCUT2D eigenvalue weighted by Crippen LogP contribution is -2.40. The zero-order chi connectivity index (χ0) is 13.9. The molecule has 0 aromatic heterocycles. The van der Waals surface area contributed by atoms with Gasteiger partial charge in [0.2, 0.25) is 0 Å². The van der Waals surface area contributed by atoms with Crippen molar-refractivity contribution in [1.29, 1.82) is 0 Å². The molecular weight excluding hydrogens is 212 g/mol. The molecule has 1 unspecified atom stereocenters. The predicted octanol–water partition coefficient (Wildman–Crippen LogP) is 4.43. The quantitative estimate of drug-likeness (QED) is 0.644. The van der Waals surface area contributed by atoms with Crippen molar-refractivity contribution in [1.82, 2.24) is 0 Å². The van der Waals surface area contributed by atoms with Gasteiger partial charge in [0.15, 0.2) is 0 Å². The molecule has 0 radical (unpaired) electrons. The van der Waals surface area contributed by atoms with Crippen LogP contribution in [0.3, 0.4) is 0 Å². The molecule has 0 amide bonds. The van der Waals surface area contributed by atoms with E-state index in [0.717, 1.165) is 12.8 Å². The van der Waals surface area contributed by atoms with Crippen molar-refractivity contribution in [3.8, 4) is 0 Å². The molecule has 0 saturated heterocycles. The second-order valence-corrected chi connectivity index (χ2v) is 6.78. The van der Waals surface area contributed by atoms with E-state index in [1.54, 1.807) is 0 Å². The van der Waals surface area contributed by atoms with Gasteiger partial charge < -0.3 is 4.74 Å². The highest BCUT2D eigenvalue weighted by atomic mass is 16.6. The van der Waals surface area contributed by atoms with Crippen molar-refractivity contribution < 1.29 is 9.53 Å². The number of hydrogen-bond donors (Lipinski definition) is 0. The van der Waals surface area contributed by atoms with Crippen LogP contribution in [-0.2, 0) is 9.53 Å². The summed E-state index contributed by atoms with van der Waals surface area (Å²) in [4.78, 5) is 12.2. The number of carbonyl (C=O) groups is 1. The second-order valence-electron chi connectivity index (χ2n) is 6.78. The molecule has 1 atom stereocenters. The van der Waals surface area contributed by atoms with E-state index in [0.29, 0.717) is 11.8 Å². The molecule has 0 aliphatic rings. The third kappa shape index (κ3) is 5.10. The fourth-order valence-corrected chi connectivity index (χ4v) is 2.07.